The van der Waals surface area contributed by atoms with Crippen LogP contribution in [0.3, 0.4) is 0 Å². The molecule has 0 aromatic heterocycles. The Morgan fingerprint density at radius 3 is 2.71 bits per heavy atom. The maximum Gasteiger partial charge on any atom is 0.335 e. The van der Waals surface area contributed by atoms with Crippen molar-refractivity contribution in [2.24, 2.45) is 0 Å². The zero-order chi connectivity index (χ0) is 10.1. The van der Waals surface area contributed by atoms with Crippen molar-refractivity contribution in [1.82, 2.24) is 0 Å². The van der Waals surface area contributed by atoms with Crippen molar-refractivity contribution < 1.29 is 9.90 Å². The van der Waals surface area contributed by atoms with Crippen LogP contribution in [0.2, 0.25) is 0 Å². The van der Waals surface area contributed by atoms with Gasteiger partial charge in [0.1, 0.15) is 0 Å². The van der Waals surface area contributed by atoms with E-state index in [2.05, 4.69) is 0 Å². The van der Waals surface area contributed by atoms with Crippen LogP contribution in [0, 0.1) is 6.92 Å². The van der Waals surface area contributed by atoms with Crippen molar-refractivity contribution in [2.45, 2.75) is 32.6 Å². The molecule has 14 heavy (non-hydrogen) atoms. The highest BCUT2D eigenvalue weighted by Crippen LogP contribution is 2.25. The summed E-state index contributed by atoms with van der Waals surface area (Å²) in [7, 11) is 0. The second-order valence-electron chi connectivity index (χ2n) is 3.94. The third kappa shape index (κ3) is 1.52. The van der Waals surface area contributed by atoms with Gasteiger partial charge in [-0.05, 0) is 61.4 Å². The topological polar surface area (TPSA) is 37.3 Å². The number of fused-ring (bicyclic) bond motifs is 1. The highest BCUT2D eigenvalue weighted by Gasteiger charge is 2.14. The first kappa shape index (κ1) is 9.25. The largest absolute Gasteiger partial charge is 0.478 e. The van der Waals surface area contributed by atoms with Crippen LogP contribution in [-0.2, 0) is 12.8 Å². The van der Waals surface area contributed by atoms with E-state index < -0.39 is 5.97 Å². The van der Waals surface area contributed by atoms with E-state index in [9.17, 15) is 4.79 Å². The highest BCUT2D eigenvalue weighted by atomic mass is 16.4. The van der Waals surface area contributed by atoms with Crippen LogP contribution in [-0.4, -0.2) is 11.1 Å². The fourth-order valence-corrected chi connectivity index (χ4v) is 2.21. The minimum Gasteiger partial charge on any atom is -0.478 e. The lowest BCUT2D eigenvalue weighted by Crippen LogP contribution is -2.08. The molecule has 0 heterocycles. The number of aromatic carboxylic acids is 1. The molecule has 0 atom stereocenters. The Bertz CT molecular complexity index is 380. The van der Waals surface area contributed by atoms with E-state index in [1.807, 2.05) is 13.0 Å². The predicted molar refractivity (Wildman–Crippen MR) is 54.8 cm³/mol. The molecule has 0 aliphatic heterocycles. The number of rotatable bonds is 1. The van der Waals surface area contributed by atoms with E-state index >= 15 is 0 Å². The summed E-state index contributed by atoms with van der Waals surface area (Å²) in [6.45, 7) is 2.01. The van der Waals surface area contributed by atoms with Crippen molar-refractivity contribution in [3.63, 3.8) is 0 Å². The highest BCUT2D eigenvalue weighted by molar-refractivity contribution is 5.88. The summed E-state index contributed by atoms with van der Waals surface area (Å²) in [5.74, 6) is -0.818. The van der Waals surface area contributed by atoms with Crippen molar-refractivity contribution in [3.8, 4) is 0 Å². The molecule has 0 radical (unpaired) electrons. The first-order valence-electron chi connectivity index (χ1n) is 5.04. The summed E-state index contributed by atoms with van der Waals surface area (Å²) in [6.07, 6.45) is 4.58. The van der Waals surface area contributed by atoms with Gasteiger partial charge in [-0.2, -0.15) is 0 Å². The molecular formula is C12H14O2. The summed E-state index contributed by atoms with van der Waals surface area (Å²) < 4.78 is 0. The molecule has 0 saturated carbocycles. The van der Waals surface area contributed by atoms with Gasteiger partial charge in [-0.15, -0.1) is 0 Å². The van der Waals surface area contributed by atoms with Crippen LogP contribution in [0.15, 0.2) is 12.1 Å². The van der Waals surface area contributed by atoms with Gasteiger partial charge in [-0.25, -0.2) is 4.79 Å². The molecule has 74 valence electrons. The lowest BCUT2D eigenvalue weighted by Gasteiger charge is -2.18. The average Bonchev–Trinajstić information content (AvgIpc) is 2.17. The number of carbonyl (C=O) groups is 1. The molecule has 0 spiro atoms. The van der Waals surface area contributed by atoms with Gasteiger partial charge in [-0.1, -0.05) is 0 Å². The average molecular weight is 190 g/mol. The summed E-state index contributed by atoms with van der Waals surface area (Å²) >= 11 is 0. The fraction of sp³-hybridized carbons (Fsp3) is 0.417. The SMILES string of the molecule is Cc1cc(C(=O)O)cc2c1CCCC2. The van der Waals surface area contributed by atoms with Crippen molar-refractivity contribution >= 4 is 5.97 Å². The zero-order valence-electron chi connectivity index (χ0n) is 8.34. The smallest absolute Gasteiger partial charge is 0.335 e. The standard InChI is InChI=1S/C12H14O2/c1-8-6-10(12(13)14)7-9-4-2-3-5-11(8)9/h6-7H,2-5H2,1H3,(H,13,14). The molecular weight excluding hydrogens is 176 g/mol. The second-order valence-corrected chi connectivity index (χ2v) is 3.94. The van der Waals surface area contributed by atoms with Gasteiger partial charge in [0.15, 0.2) is 0 Å². The molecule has 1 N–H and O–H groups in total. The normalized spacial score (nSPS) is 14.9. The quantitative estimate of drug-likeness (QED) is 0.739. The molecule has 1 aliphatic carbocycles. The Hall–Kier alpha value is -1.31. The van der Waals surface area contributed by atoms with E-state index in [1.165, 1.54) is 24.0 Å². The fourth-order valence-electron chi connectivity index (χ4n) is 2.21. The van der Waals surface area contributed by atoms with Gasteiger partial charge in [0.25, 0.3) is 0 Å². The summed E-state index contributed by atoms with van der Waals surface area (Å²) in [5, 5.41) is 8.91. The van der Waals surface area contributed by atoms with Crippen LogP contribution < -0.4 is 0 Å². The van der Waals surface area contributed by atoms with E-state index in [-0.39, 0.29) is 0 Å². The molecule has 2 nitrogen and oxygen atoms in total. The summed E-state index contributed by atoms with van der Waals surface area (Å²) in [5.41, 5.74) is 4.19. The van der Waals surface area contributed by atoms with Gasteiger partial charge in [-0.3, -0.25) is 0 Å². The van der Waals surface area contributed by atoms with E-state index in [1.54, 1.807) is 6.07 Å². The van der Waals surface area contributed by atoms with Gasteiger partial charge in [0.2, 0.25) is 0 Å². The van der Waals surface area contributed by atoms with Gasteiger partial charge < -0.3 is 5.11 Å². The third-order valence-corrected chi connectivity index (χ3v) is 2.94. The van der Waals surface area contributed by atoms with E-state index in [0.29, 0.717) is 5.56 Å². The minimum absolute atomic E-state index is 0.433. The minimum atomic E-state index is -0.818. The first-order chi connectivity index (χ1) is 6.68. The Morgan fingerprint density at radius 2 is 2.00 bits per heavy atom. The predicted octanol–water partition coefficient (Wildman–Crippen LogP) is 2.57. The lowest BCUT2D eigenvalue weighted by atomic mass is 9.87. The van der Waals surface area contributed by atoms with Crippen molar-refractivity contribution in [2.75, 3.05) is 0 Å². The summed E-state index contributed by atoms with van der Waals surface area (Å²) in [6, 6.07) is 3.62. The van der Waals surface area contributed by atoms with Crippen molar-refractivity contribution in [3.05, 3.63) is 34.4 Å². The Balaban J connectivity index is 2.51. The van der Waals surface area contributed by atoms with Gasteiger partial charge >= 0.3 is 5.97 Å². The second kappa shape index (κ2) is 3.45. The number of carboxylic acid groups (broad SMARTS) is 1. The molecule has 0 fully saturated rings. The molecule has 1 aromatic rings. The van der Waals surface area contributed by atoms with E-state index in [4.69, 9.17) is 5.11 Å². The Morgan fingerprint density at radius 1 is 1.29 bits per heavy atom. The zero-order valence-corrected chi connectivity index (χ0v) is 8.34. The molecule has 1 aromatic carbocycles. The molecule has 2 rings (SSSR count). The lowest BCUT2D eigenvalue weighted by molar-refractivity contribution is 0.0696. The van der Waals surface area contributed by atoms with Crippen LogP contribution in [0.1, 0.15) is 39.9 Å². The molecule has 2 heteroatoms. The Labute approximate surface area is 83.6 Å². The first-order valence-corrected chi connectivity index (χ1v) is 5.04. The monoisotopic (exact) mass is 190 g/mol. The molecule has 0 bridgehead atoms. The number of hydrogen-bond donors (Lipinski definition) is 1. The number of benzene rings is 1. The van der Waals surface area contributed by atoms with Crippen molar-refractivity contribution in [1.29, 1.82) is 0 Å². The third-order valence-electron chi connectivity index (χ3n) is 2.94. The number of carboxylic acids is 1. The number of hydrogen-bond acceptors (Lipinski definition) is 1. The van der Waals surface area contributed by atoms with Crippen LogP contribution >= 0.6 is 0 Å². The van der Waals surface area contributed by atoms with Gasteiger partial charge in [0, 0.05) is 0 Å². The van der Waals surface area contributed by atoms with Crippen LogP contribution in [0.4, 0.5) is 0 Å². The van der Waals surface area contributed by atoms with Crippen LogP contribution in [0.5, 0.6) is 0 Å². The maximum atomic E-state index is 10.8. The molecule has 0 unspecified atom stereocenters. The maximum absolute atomic E-state index is 10.8. The molecule has 0 saturated heterocycles. The van der Waals surface area contributed by atoms with E-state index in [0.717, 1.165) is 18.4 Å². The van der Waals surface area contributed by atoms with Gasteiger partial charge in [0.05, 0.1) is 5.56 Å². The Kier molecular flexibility index (Phi) is 2.28. The molecule has 0 amide bonds. The summed E-state index contributed by atoms with van der Waals surface area (Å²) in [4.78, 5) is 10.8. The number of aryl methyl sites for hydroxylation is 2. The van der Waals surface area contributed by atoms with Crippen LogP contribution in [0.25, 0.3) is 0 Å². The molecule has 1 aliphatic rings.